The first-order valence-corrected chi connectivity index (χ1v) is 10.8. The van der Waals surface area contributed by atoms with Gasteiger partial charge in [-0.05, 0) is 64.9 Å². The molecule has 3 aromatic rings. The number of carbonyl (C=O) groups is 2. The molecule has 0 spiro atoms. The minimum absolute atomic E-state index is 0.191. The van der Waals surface area contributed by atoms with Crippen molar-refractivity contribution in [2.75, 3.05) is 0 Å². The van der Waals surface area contributed by atoms with Crippen molar-refractivity contribution in [1.82, 2.24) is 10.3 Å². The monoisotopic (exact) mass is 415 g/mol. The Labute approximate surface area is 183 Å². The molecular weight excluding hydrogens is 386 g/mol. The molecule has 31 heavy (non-hydrogen) atoms. The molecule has 0 bridgehead atoms. The van der Waals surface area contributed by atoms with Crippen molar-refractivity contribution < 1.29 is 9.59 Å². The highest BCUT2D eigenvalue weighted by molar-refractivity contribution is 6.02. The van der Waals surface area contributed by atoms with Crippen molar-refractivity contribution in [3.05, 3.63) is 88.7 Å². The zero-order valence-electron chi connectivity index (χ0n) is 18.2. The normalized spacial score (nSPS) is 10.6. The molecule has 0 aliphatic heterocycles. The fourth-order valence-electron chi connectivity index (χ4n) is 3.89. The molecule has 1 aromatic heterocycles. The summed E-state index contributed by atoms with van der Waals surface area (Å²) in [5.74, 6) is -0.657. The van der Waals surface area contributed by atoms with Gasteiger partial charge in [-0.15, -0.1) is 0 Å². The van der Waals surface area contributed by atoms with Crippen LogP contribution in [0.5, 0.6) is 0 Å². The predicted molar refractivity (Wildman–Crippen MR) is 124 cm³/mol. The Balaban J connectivity index is 1.84. The van der Waals surface area contributed by atoms with Crippen molar-refractivity contribution in [1.29, 1.82) is 0 Å². The number of carbonyl (C=O) groups excluding carboxylic acids is 2. The summed E-state index contributed by atoms with van der Waals surface area (Å²) in [6.07, 6.45) is 6.65. The lowest BCUT2D eigenvalue weighted by molar-refractivity contribution is 0.0950. The van der Waals surface area contributed by atoms with Crippen molar-refractivity contribution in [2.45, 2.75) is 46.1 Å². The average Bonchev–Trinajstić information content (AvgIpc) is 2.78. The van der Waals surface area contributed by atoms with E-state index in [1.54, 1.807) is 12.4 Å². The summed E-state index contributed by atoms with van der Waals surface area (Å²) in [6.45, 7) is 4.49. The Morgan fingerprint density at radius 2 is 1.68 bits per heavy atom. The van der Waals surface area contributed by atoms with Gasteiger partial charge in [-0.25, -0.2) is 0 Å². The molecule has 5 nitrogen and oxygen atoms in total. The van der Waals surface area contributed by atoms with Gasteiger partial charge in [0.25, 0.3) is 5.91 Å². The zero-order chi connectivity index (χ0) is 22.2. The number of amides is 2. The zero-order valence-corrected chi connectivity index (χ0v) is 18.2. The first-order valence-electron chi connectivity index (χ1n) is 10.8. The predicted octanol–water partition coefficient (Wildman–Crippen LogP) is 4.68. The van der Waals surface area contributed by atoms with Gasteiger partial charge in [0.05, 0.1) is 0 Å². The molecule has 2 amide bonds. The van der Waals surface area contributed by atoms with E-state index in [-0.39, 0.29) is 5.91 Å². The number of pyridine rings is 1. The number of benzene rings is 2. The number of nitrogens with one attached hydrogen (secondary N) is 1. The van der Waals surface area contributed by atoms with E-state index in [9.17, 15) is 9.59 Å². The number of primary amides is 1. The topological polar surface area (TPSA) is 85.1 Å². The third kappa shape index (κ3) is 5.37. The lowest BCUT2D eigenvalue weighted by Crippen LogP contribution is -2.26. The lowest BCUT2D eigenvalue weighted by Gasteiger charge is -2.16. The molecule has 0 atom stereocenters. The second-order valence-electron chi connectivity index (χ2n) is 7.61. The molecule has 160 valence electrons. The Morgan fingerprint density at radius 3 is 2.35 bits per heavy atom. The van der Waals surface area contributed by atoms with Crippen LogP contribution >= 0.6 is 0 Å². The highest BCUT2D eigenvalue weighted by Gasteiger charge is 2.20. The summed E-state index contributed by atoms with van der Waals surface area (Å²) in [6, 6.07) is 15.7. The average molecular weight is 416 g/mol. The molecule has 0 saturated carbocycles. The van der Waals surface area contributed by atoms with Crippen LogP contribution in [0, 0.1) is 0 Å². The van der Waals surface area contributed by atoms with E-state index in [0.29, 0.717) is 24.1 Å². The van der Waals surface area contributed by atoms with Crippen LogP contribution in [0.4, 0.5) is 0 Å². The minimum Gasteiger partial charge on any atom is -0.366 e. The van der Waals surface area contributed by atoms with Crippen LogP contribution in [0.1, 0.15) is 64.1 Å². The third-order valence-electron chi connectivity index (χ3n) is 5.30. The largest absolute Gasteiger partial charge is 0.366 e. The third-order valence-corrected chi connectivity index (χ3v) is 5.30. The lowest BCUT2D eigenvalue weighted by atomic mass is 9.90. The molecule has 0 fully saturated rings. The number of aryl methyl sites for hydroxylation is 1. The van der Waals surface area contributed by atoms with Gasteiger partial charge in [0.2, 0.25) is 5.91 Å². The smallest absolute Gasteiger partial charge is 0.251 e. The van der Waals surface area contributed by atoms with Crippen molar-refractivity contribution in [3.8, 4) is 11.1 Å². The molecule has 0 saturated heterocycles. The Kier molecular flexibility index (Phi) is 7.55. The molecule has 5 heteroatoms. The number of nitrogens with two attached hydrogens (primary N) is 1. The summed E-state index contributed by atoms with van der Waals surface area (Å²) in [4.78, 5) is 29.3. The molecule has 3 N–H and O–H groups in total. The molecule has 0 aliphatic rings. The van der Waals surface area contributed by atoms with Crippen LogP contribution in [0.3, 0.4) is 0 Å². The molecule has 0 radical (unpaired) electrons. The number of nitrogens with zero attached hydrogens (tertiary/aromatic N) is 1. The second-order valence-corrected chi connectivity index (χ2v) is 7.61. The van der Waals surface area contributed by atoms with Gasteiger partial charge >= 0.3 is 0 Å². The summed E-state index contributed by atoms with van der Waals surface area (Å²) in [7, 11) is 0. The fourth-order valence-corrected chi connectivity index (χ4v) is 3.89. The van der Waals surface area contributed by atoms with E-state index in [0.717, 1.165) is 47.1 Å². The van der Waals surface area contributed by atoms with Gasteiger partial charge in [0, 0.05) is 30.1 Å². The van der Waals surface area contributed by atoms with Gasteiger partial charge in [-0.3, -0.25) is 14.6 Å². The summed E-state index contributed by atoms with van der Waals surface area (Å²) in [5.41, 5.74) is 11.6. The Hall–Kier alpha value is -3.47. The quantitative estimate of drug-likeness (QED) is 0.532. The summed E-state index contributed by atoms with van der Waals surface area (Å²) >= 11 is 0. The first kappa shape index (κ1) is 22.2. The maximum Gasteiger partial charge on any atom is 0.251 e. The number of hydrogen-bond acceptors (Lipinski definition) is 3. The molecule has 2 aromatic carbocycles. The Bertz CT molecular complexity index is 1060. The minimum atomic E-state index is -0.466. The van der Waals surface area contributed by atoms with E-state index < -0.39 is 5.91 Å². The standard InChI is InChI=1S/C26H29N3O2/c1-3-6-20-10-11-23(22(7-4-2)24(20)25(27)30)26(31)29-17-18-8-5-9-21(16-18)19-12-14-28-15-13-19/h5,8-16H,3-4,6-7,17H2,1-2H3,(H2,27,30)(H,29,31). The van der Waals surface area contributed by atoms with Crippen LogP contribution < -0.4 is 11.1 Å². The van der Waals surface area contributed by atoms with E-state index in [4.69, 9.17) is 5.73 Å². The van der Waals surface area contributed by atoms with Crippen LogP contribution in [-0.2, 0) is 19.4 Å². The van der Waals surface area contributed by atoms with E-state index >= 15 is 0 Å². The van der Waals surface area contributed by atoms with Crippen LogP contribution in [-0.4, -0.2) is 16.8 Å². The molecular formula is C26H29N3O2. The van der Waals surface area contributed by atoms with Gasteiger partial charge in [0.15, 0.2) is 0 Å². The summed E-state index contributed by atoms with van der Waals surface area (Å²) < 4.78 is 0. The number of aromatic nitrogens is 1. The summed E-state index contributed by atoms with van der Waals surface area (Å²) in [5, 5.41) is 3.01. The Morgan fingerprint density at radius 1 is 0.935 bits per heavy atom. The van der Waals surface area contributed by atoms with Crippen molar-refractivity contribution in [2.24, 2.45) is 5.73 Å². The van der Waals surface area contributed by atoms with Gasteiger partial charge < -0.3 is 11.1 Å². The van der Waals surface area contributed by atoms with Gasteiger partial charge in [-0.1, -0.05) is 51.0 Å². The highest BCUT2D eigenvalue weighted by Crippen LogP contribution is 2.23. The molecule has 0 unspecified atom stereocenters. The van der Waals surface area contributed by atoms with Crippen molar-refractivity contribution in [3.63, 3.8) is 0 Å². The molecule has 0 aliphatic carbocycles. The van der Waals surface area contributed by atoms with Gasteiger partial charge in [0.1, 0.15) is 0 Å². The van der Waals surface area contributed by atoms with E-state index in [1.165, 1.54) is 0 Å². The molecule has 1 heterocycles. The number of rotatable bonds is 9. The molecule has 3 rings (SSSR count). The number of hydrogen-bond donors (Lipinski definition) is 2. The van der Waals surface area contributed by atoms with Crippen LogP contribution in [0.2, 0.25) is 0 Å². The van der Waals surface area contributed by atoms with E-state index in [2.05, 4.69) is 23.3 Å². The van der Waals surface area contributed by atoms with Gasteiger partial charge in [-0.2, -0.15) is 0 Å². The maximum absolute atomic E-state index is 13.0. The highest BCUT2D eigenvalue weighted by atomic mass is 16.2. The first-order chi connectivity index (χ1) is 15.0. The second kappa shape index (κ2) is 10.5. The SMILES string of the molecule is CCCc1ccc(C(=O)NCc2cccc(-c3ccncc3)c2)c(CCC)c1C(N)=O. The maximum atomic E-state index is 13.0. The van der Waals surface area contributed by atoms with E-state index in [1.807, 2.05) is 49.4 Å². The fraction of sp³-hybridized carbons (Fsp3) is 0.269. The van der Waals surface area contributed by atoms with Crippen molar-refractivity contribution >= 4 is 11.8 Å². The van der Waals surface area contributed by atoms with Crippen LogP contribution in [0.15, 0.2) is 60.9 Å². The van der Waals surface area contributed by atoms with Crippen LogP contribution in [0.25, 0.3) is 11.1 Å².